The number of hydrogen-bond acceptors (Lipinski definition) is 3. The lowest BCUT2D eigenvalue weighted by atomic mass is 10.0. The minimum absolute atomic E-state index is 0.0122. The highest BCUT2D eigenvalue weighted by Crippen LogP contribution is 2.11. The van der Waals surface area contributed by atoms with Gasteiger partial charge in [0.2, 0.25) is 11.8 Å². The molecule has 2 atom stereocenters. The Bertz CT molecular complexity index is 481. The van der Waals surface area contributed by atoms with E-state index >= 15 is 0 Å². The van der Waals surface area contributed by atoms with Crippen molar-refractivity contribution < 1.29 is 9.59 Å². The van der Waals surface area contributed by atoms with Crippen molar-refractivity contribution in [2.75, 3.05) is 5.32 Å². The van der Waals surface area contributed by atoms with Gasteiger partial charge in [0, 0.05) is 30.1 Å². The summed E-state index contributed by atoms with van der Waals surface area (Å²) in [6, 6.07) is 7.26. The molecule has 5 heteroatoms. The fourth-order valence-electron chi connectivity index (χ4n) is 1.58. The second kappa shape index (κ2) is 7.78. The van der Waals surface area contributed by atoms with Crippen molar-refractivity contribution in [3.05, 3.63) is 29.8 Å². The lowest BCUT2D eigenvalue weighted by molar-refractivity contribution is -0.125. The zero-order valence-corrected chi connectivity index (χ0v) is 13.1. The molecule has 116 valence electrons. The lowest BCUT2D eigenvalue weighted by Gasteiger charge is -2.15. The van der Waals surface area contributed by atoms with Gasteiger partial charge >= 0.3 is 0 Å². The van der Waals surface area contributed by atoms with Crippen LogP contribution in [-0.2, 0) is 16.1 Å². The van der Waals surface area contributed by atoms with E-state index in [0.29, 0.717) is 6.54 Å². The van der Waals surface area contributed by atoms with Crippen molar-refractivity contribution in [3.63, 3.8) is 0 Å². The molecule has 1 rings (SSSR count). The van der Waals surface area contributed by atoms with Gasteiger partial charge in [0.15, 0.2) is 0 Å². The van der Waals surface area contributed by atoms with E-state index in [1.165, 1.54) is 0 Å². The number of carbonyl (C=O) groups excluding carboxylic acids is 2. The first-order valence-corrected chi connectivity index (χ1v) is 7.24. The Balaban J connectivity index is 2.52. The summed E-state index contributed by atoms with van der Waals surface area (Å²) in [7, 11) is 0. The molecule has 2 amide bonds. The number of amides is 2. The van der Waals surface area contributed by atoms with Crippen LogP contribution in [0.1, 0.15) is 33.3 Å². The first-order valence-electron chi connectivity index (χ1n) is 7.24. The number of hydrogen-bond donors (Lipinski definition) is 3. The Morgan fingerprint density at radius 3 is 2.10 bits per heavy atom. The second-order valence-corrected chi connectivity index (χ2v) is 5.71. The molecule has 1 aromatic carbocycles. The molecule has 2 unspecified atom stereocenters. The average molecular weight is 291 g/mol. The third-order valence-electron chi connectivity index (χ3n) is 3.41. The molecule has 0 saturated heterocycles. The molecule has 0 aliphatic carbocycles. The van der Waals surface area contributed by atoms with Crippen LogP contribution < -0.4 is 16.4 Å². The highest BCUT2D eigenvalue weighted by molar-refractivity contribution is 5.92. The molecule has 5 nitrogen and oxygen atoms in total. The van der Waals surface area contributed by atoms with E-state index < -0.39 is 0 Å². The number of anilines is 1. The van der Waals surface area contributed by atoms with E-state index in [1.807, 2.05) is 52.0 Å². The van der Waals surface area contributed by atoms with E-state index in [-0.39, 0.29) is 29.7 Å². The summed E-state index contributed by atoms with van der Waals surface area (Å²) in [6.07, 6.45) is 0. The Labute approximate surface area is 126 Å². The van der Waals surface area contributed by atoms with Gasteiger partial charge in [-0.2, -0.15) is 0 Å². The number of nitrogens with two attached hydrogens (primary N) is 1. The van der Waals surface area contributed by atoms with Gasteiger partial charge < -0.3 is 16.4 Å². The van der Waals surface area contributed by atoms with Crippen molar-refractivity contribution in [2.45, 2.75) is 40.3 Å². The monoisotopic (exact) mass is 291 g/mol. The highest BCUT2D eigenvalue weighted by Gasteiger charge is 2.16. The molecule has 0 fully saturated rings. The van der Waals surface area contributed by atoms with Crippen LogP contribution in [0, 0.1) is 11.8 Å². The molecule has 0 aromatic heterocycles. The summed E-state index contributed by atoms with van der Waals surface area (Å²) in [5.41, 5.74) is 7.43. The summed E-state index contributed by atoms with van der Waals surface area (Å²) in [5.74, 6) is -0.331. The topological polar surface area (TPSA) is 84.2 Å². The summed E-state index contributed by atoms with van der Waals surface area (Å²) < 4.78 is 0. The van der Waals surface area contributed by atoms with Gasteiger partial charge in [-0.1, -0.05) is 32.9 Å². The van der Waals surface area contributed by atoms with Crippen LogP contribution in [0.3, 0.4) is 0 Å². The van der Waals surface area contributed by atoms with E-state index in [2.05, 4.69) is 10.6 Å². The normalized spacial score (nSPS) is 13.6. The first-order chi connectivity index (χ1) is 9.81. The minimum atomic E-state index is -0.213. The van der Waals surface area contributed by atoms with Crippen LogP contribution >= 0.6 is 0 Å². The largest absolute Gasteiger partial charge is 0.352 e. The molecule has 0 aliphatic rings. The molecule has 0 saturated carbocycles. The van der Waals surface area contributed by atoms with Gasteiger partial charge in [-0.15, -0.1) is 0 Å². The van der Waals surface area contributed by atoms with Gasteiger partial charge in [-0.25, -0.2) is 0 Å². The van der Waals surface area contributed by atoms with E-state index in [4.69, 9.17) is 5.73 Å². The quantitative estimate of drug-likeness (QED) is 0.748. The zero-order chi connectivity index (χ0) is 16.0. The molecular formula is C16H25N3O2. The number of rotatable bonds is 6. The Hall–Kier alpha value is -1.88. The smallest absolute Gasteiger partial charge is 0.226 e. The Morgan fingerprint density at radius 2 is 1.62 bits per heavy atom. The number of benzene rings is 1. The maximum atomic E-state index is 11.8. The molecule has 0 heterocycles. The molecule has 0 spiro atoms. The van der Waals surface area contributed by atoms with Gasteiger partial charge in [0.1, 0.15) is 0 Å². The predicted molar refractivity (Wildman–Crippen MR) is 84.6 cm³/mol. The number of carbonyl (C=O) groups is 2. The fourth-order valence-corrected chi connectivity index (χ4v) is 1.58. The summed E-state index contributed by atoms with van der Waals surface area (Å²) in [4.78, 5) is 23.4. The first kappa shape index (κ1) is 17.2. The van der Waals surface area contributed by atoms with Crippen LogP contribution in [0.2, 0.25) is 0 Å². The molecule has 21 heavy (non-hydrogen) atoms. The zero-order valence-electron chi connectivity index (χ0n) is 13.1. The van der Waals surface area contributed by atoms with Crippen molar-refractivity contribution in [1.82, 2.24) is 5.32 Å². The third-order valence-corrected chi connectivity index (χ3v) is 3.41. The van der Waals surface area contributed by atoms with Crippen LogP contribution in [0.4, 0.5) is 5.69 Å². The third kappa shape index (κ3) is 5.55. The summed E-state index contributed by atoms with van der Waals surface area (Å²) in [6.45, 7) is 7.77. The molecule has 1 aromatic rings. The van der Waals surface area contributed by atoms with Crippen LogP contribution in [-0.4, -0.2) is 17.9 Å². The molecular weight excluding hydrogens is 266 g/mol. The van der Waals surface area contributed by atoms with Gasteiger partial charge in [0.25, 0.3) is 0 Å². The average Bonchev–Trinajstić information content (AvgIpc) is 2.45. The van der Waals surface area contributed by atoms with E-state index in [9.17, 15) is 9.59 Å². The molecule has 0 bridgehead atoms. The maximum absolute atomic E-state index is 11.8. The fraction of sp³-hybridized carbons (Fsp3) is 0.500. The maximum Gasteiger partial charge on any atom is 0.226 e. The van der Waals surface area contributed by atoms with Crippen molar-refractivity contribution in [1.29, 1.82) is 0 Å². The van der Waals surface area contributed by atoms with Gasteiger partial charge in [0.05, 0.1) is 0 Å². The minimum Gasteiger partial charge on any atom is -0.352 e. The molecule has 4 N–H and O–H groups in total. The second-order valence-electron chi connectivity index (χ2n) is 5.71. The Morgan fingerprint density at radius 1 is 1.05 bits per heavy atom. The van der Waals surface area contributed by atoms with Crippen LogP contribution in [0.25, 0.3) is 0 Å². The van der Waals surface area contributed by atoms with E-state index in [0.717, 1.165) is 11.3 Å². The van der Waals surface area contributed by atoms with Crippen molar-refractivity contribution >= 4 is 17.5 Å². The van der Waals surface area contributed by atoms with Crippen LogP contribution in [0.5, 0.6) is 0 Å². The molecule has 0 radical (unpaired) electrons. The SMILES string of the molecule is CC(C)C(=O)Nc1ccc(CNC(=O)C(C)C(C)N)cc1. The van der Waals surface area contributed by atoms with Gasteiger partial charge in [-0.05, 0) is 24.6 Å². The Kier molecular flexibility index (Phi) is 6.37. The van der Waals surface area contributed by atoms with Crippen LogP contribution in [0.15, 0.2) is 24.3 Å². The highest BCUT2D eigenvalue weighted by atomic mass is 16.2. The predicted octanol–water partition coefficient (Wildman–Crippen LogP) is 1.88. The van der Waals surface area contributed by atoms with E-state index in [1.54, 1.807) is 0 Å². The standard InChI is InChI=1S/C16H25N3O2/c1-10(2)15(20)19-14-7-5-13(6-8-14)9-18-16(21)11(3)12(4)17/h5-8,10-12H,9,17H2,1-4H3,(H,18,21)(H,19,20). The molecule has 0 aliphatic heterocycles. The number of nitrogens with one attached hydrogen (secondary N) is 2. The summed E-state index contributed by atoms with van der Waals surface area (Å²) >= 11 is 0. The van der Waals surface area contributed by atoms with Crippen molar-refractivity contribution in [3.8, 4) is 0 Å². The summed E-state index contributed by atoms with van der Waals surface area (Å²) in [5, 5.41) is 5.68. The van der Waals surface area contributed by atoms with Gasteiger partial charge in [-0.3, -0.25) is 9.59 Å². The lowest BCUT2D eigenvalue weighted by Crippen LogP contribution is -2.38. The van der Waals surface area contributed by atoms with Crippen molar-refractivity contribution in [2.24, 2.45) is 17.6 Å².